The summed E-state index contributed by atoms with van der Waals surface area (Å²) >= 11 is 0. The van der Waals surface area contributed by atoms with Gasteiger partial charge in [-0.25, -0.2) is 0 Å². The number of benzene rings is 1. The van der Waals surface area contributed by atoms with Crippen LogP contribution in [-0.2, 0) is 0 Å². The van der Waals surface area contributed by atoms with Crippen molar-refractivity contribution < 1.29 is 5.11 Å². The van der Waals surface area contributed by atoms with Crippen molar-refractivity contribution >= 4 is 5.69 Å². The lowest BCUT2D eigenvalue weighted by molar-refractivity contribution is 0.203. The van der Waals surface area contributed by atoms with E-state index in [1.165, 1.54) is 11.3 Å². The number of hydrogen-bond acceptors (Lipinski definition) is 2. The summed E-state index contributed by atoms with van der Waals surface area (Å²) in [5.41, 5.74) is 2.83. The topological polar surface area (TPSA) is 23.5 Å². The number of anilines is 1. The molecular formula is C15H23NO. The van der Waals surface area contributed by atoms with E-state index >= 15 is 0 Å². The van der Waals surface area contributed by atoms with E-state index in [0.717, 1.165) is 25.9 Å². The summed E-state index contributed by atoms with van der Waals surface area (Å²) in [4.78, 5) is 2.47. The Morgan fingerprint density at radius 2 is 1.88 bits per heavy atom. The molecule has 17 heavy (non-hydrogen) atoms. The molecule has 2 rings (SSSR count). The van der Waals surface area contributed by atoms with Gasteiger partial charge >= 0.3 is 0 Å². The molecule has 0 radical (unpaired) electrons. The molecular weight excluding hydrogens is 210 g/mol. The minimum absolute atomic E-state index is 0.347. The van der Waals surface area contributed by atoms with E-state index in [2.05, 4.69) is 43.0 Å². The van der Waals surface area contributed by atoms with Crippen molar-refractivity contribution in [1.29, 1.82) is 0 Å². The van der Waals surface area contributed by atoms with Gasteiger partial charge in [-0.15, -0.1) is 0 Å². The largest absolute Gasteiger partial charge is 0.396 e. The number of aliphatic hydroxyl groups is 1. The van der Waals surface area contributed by atoms with Crippen LogP contribution in [0.2, 0.25) is 0 Å². The molecule has 0 saturated carbocycles. The second kappa shape index (κ2) is 5.54. The predicted octanol–water partition coefficient (Wildman–Crippen LogP) is 3.02. The molecule has 1 N–H and O–H groups in total. The fourth-order valence-electron chi connectivity index (χ4n) is 2.62. The molecule has 0 aromatic heterocycles. The first kappa shape index (κ1) is 12.4. The Morgan fingerprint density at radius 3 is 2.47 bits per heavy atom. The minimum Gasteiger partial charge on any atom is -0.396 e. The molecule has 1 fully saturated rings. The molecule has 0 atom stereocenters. The second-order valence-electron chi connectivity index (χ2n) is 5.33. The Balaban J connectivity index is 2.13. The molecule has 94 valence electrons. The Morgan fingerprint density at radius 1 is 1.24 bits per heavy atom. The molecule has 0 unspecified atom stereocenters. The first-order valence-electron chi connectivity index (χ1n) is 6.67. The smallest absolute Gasteiger partial charge is 0.0460 e. The Bertz CT molecular complexity index is 354. The molecule has 0 spiro atoms. The van der Waals surface area contributed by atoms with Crippen LogP contribution in [0.15, 0.2) is 24.3 Å². The number of para-hydroxylation sites is 1. The van der Waals surface area contributed by atoms with Crippen LogP contribution in [0.4, 0.5) is 5.69 Å². The fraction of sp³-hybridized carbons (Fsp3) is 0.600. The molecule has 2 heteroatoms. The van der Waals surface area contributed by atoms with Gasteiger partial charge in [0.15, 0.2) is 0 Å². The van der Waals surface area contributed by atoms with Crippen molar-refractivity contribution in [2.24, 2.45) is 5.92 Å². The van der Waals surface area contributed by atoms with Gasteiger partial charge in [-0.1, -0.05) is 32.0 Å². The molecule has 1 aromatic carbocycles. The summed E-state index contributed by atoms with van der Waals surface area (Å²) in [6, 6.07) is 8.71. The van der Waals surface area contributed by atoms with Crippen molar-refractivity contribution in [3.63, 3.8) is 0 Å². The highest BCUT2D eigenvalue weighted by Crippen LogP contribution is 2.30. The first-order valence-corrected chi connectivity index (χ1v) is 6.67. The zero-order valence-corrected chi connectivity index (χ0v) is 10.9. The summed E-state index contributed by atoms with van der Waals surface area (Å²) in [6.07, 6.45) is 2.23. The molecule has 0 amide bonds. The number of hydrogen-bond donors (Lipinski definition) is 1. The average Bonchev–Trinajstić information content (AvgIpc) is 2.39. The molecule has 1 heterocycles. The fourth-order valence-corrected chi connectivity index (χ4v) is 2.62. The summed E-state index contributed by atoms with van der Waals surface area (Å²) in [6.45, 7) is 7.00. The second-order valence-corrected chi connectivity index (χ2v) is 5.33. The van der Waals surface area contributed by atoms with Gasteiger partial charge in [0.25, 0.3) is 0 Å². The van der Waals surface area contributed by atoms with Gasteiger partial charge < -0.3 is 10.0 Å². The number of rotatable bonds is 3. The van der Waals surface area contributed by atoms with E-state index < -0.39 is 0 Å². The number of piperidine rings is 1. The first-order chi connectivity index (χ1) is 8.22. The van der Waals surface area contributed by atoms with E-state index in [9.17, 15) is 5.11 Å². The van der Waals surface area contributed by atoms with Crippen LogP contribution in [0.5, 0.6) is 0 Å². The third kappa shape index (κ3) is 2.81. The standard InChI is InChI=1S/C15H23NO/c1-12(2)14-5-3-4-6-15(14)16-9-7-13(11-17)8-10-16/h3-6,12-13,17H,7-11H2,1-2H3. The highest BCUT2D eigenvalue weighted by Gasteiger charge is 2.20. The van der Waals surface area contributed by atoms with Crippen molar-refractivity contribution in [2.75, 3.05) is 24.6 Å². The Kier molecular flexibility index (Phi) is 4.06. The predicted molar refractivity (Wildman–Crippen MR) is 72.6 cm³/mol. The maximum absolute atomic E-state index is 9.17. The van der Waals surface area contributed by atoms with Crippen LogP contribution >= 0.6 is 0 Å². The lowest BCUT2D eigenvalue weighted by atomic mass is 9.95. The number of nitrogens with zero attached hydrogens (tertiary/aromatic N) is 1. The third-order valence-electron chi connectivity index (χ3n) is 3.77. The quantitative estimate of drug-likeness (QED) is 0.867. The average molecular weight is 233 g/mol. The van der Waals surface area contributed by atoms with Crippen LogP contribution in [0.25, 0.3) is 0 Å². The Labute approximate surface area is 104 Å². The van der Waals surface area contributed by atoms with Crippen molar-refractivity contribution in [3.05, 3.63) is 29.8 Å². The molecule has 0 bridgehead atoms. The number of aliphatic hydroxyl groups excluding tert-OH is 1. The van der Waals surface area contributed by atoms with Crippen molar-refractivity contribution in [1.82, 2.24) is 0 Å². The maximum atomic E-state index is 9.17. The molecule has 1 saturated heterocycles. The maximum Gasteiger partial charge on any atom is 0.0460 e. The highest BCUT2D eigenvalue weighted by molar-refractivity contribution is 5.55. The van der Waals surface area contributed by atoms with Crippen LogP contribution < -0.4 is 4.90 Å². The van der Waals surface area contributed by atoms with Gasteiger partial charge in [0.05, 0.1) is 0 Å². The summed E-state index contributed by atoms with van der Waals surface area (Å²) in [5.74, 6) is 1.08. The van der Waals surface area contributed by atoms with E-state index in [4.69, 9.17) is 0 Å². The van der Waals surface area contributed by atoms with Crippen LogP contribution in [0.1, 0.15) is 38.2 Å². The molecule has 2 nitrogen and oxygen atoms in total. The summed E-state index contributed by atoms with van der Waals surface area (Å²) < 4.78 is 0. The van der Waals surface area contributed by atoms with Crippen molar-refractivity contribution in [2.45, 2.75) is 32.6 Å². The molecule has 0 aliphatic carbocycles. The zero-order chi connectivity index (χ0) is 12.3. The van der Waals surface area contributed by atoms with Gasteiger partial charge in [-0.3, -0.25) is 0 Å². The molecule has 1 aliphatic rings. The third-order valence-corrected chi connectivity index (χ3v) is 3.77. The minimum atomic E-state index is 0.347. The summed E-state index contributed by atoms with van der Waals surface area (Å²) in [5, 5.41) is 9.17. The normalized spacial score (nSPS) is 17.8. The van der Waals surface area contributed by atoms with Crippen LogP contribution in [0.3, 0.4) is 0 Å². The van der Waals surface area contributed by atoms with Gasteiger partial charge in [0.2, 0.25) is 0 Å². The van der Waals surface area contributed by atoms with Gasteiger partial charge in [-0.2, -0.15) is 0 Å². The lowest BCUT2D eigenvalue weighted by Gasteiger charge is -2.34. The van der Waals surface area contributed by atoms with Crippen LogP contribution in [0, 0.1) is 5.92 Å². The zero-order valence-electron chi connectivity index (χ0n) is 10.9. The molecule has 1 aliphatic heterocycles. The Hall–Kier alpha value is -1.02. The van der Waals surface area contributed by atoms with E-state index in [0.29, 0.717) is 18.4 Å². The lowest BCUT2D eigenvalue weighted by Crippen LogP contribution is -2.35. The SMILES string of the molecule is CC(C)c1ccccc1N1CCC(CO)CC1. The van der Waals surface area contributed by atoms with Gasteiger partial charge in [0, 0.05) is 25.4 Å². The highest BCUT2D eigenvalue weighted by atomic mass is 16.3. The van der Waals surface area contributed by atoms with Gasteiger partial charge in [0.1, 0.15) is 0 Å². The molecule has 1 aromatic rings. The van der Waals surface area contributed by atoms with E-state index in [-0.39, 0.29) is 0 Å². The van der Waals surface area contributed by atoms with Gasteiger partial charge in [-0.05, 0) is 36.3 Å². The monoisotopic (exact) mass is 233 g/mol. The summed E-state index contributed by atoms with van der Waals surface area (Å²) in [7, 11) is 0. The van der Waals surface area contributed by atoms with E-state index in [1.807, 2.05) is 0 Å². The van der Waals surface area contributed by atoms with E-state index in [1.54, 1.807) is 0 Å². The van der Waals surface area contributed by atoms with Crippen LogP contribution in [-0.4, -0.2) is 24.8 Å². The van der Waals surface area contributed by atoms with Crippen molar-refractivity contribution in [3.8, 4) is 0 Å².